The van der Waals surface area contributed by atoms with Gasteiger partial charge in [-0.1, -0.05) is 6.42 Å². The van der Waals surface area contributed by atoms with Crippen LogP contribution in [0.15, 0.2) is 0 Å². The van der Waals surface area contributed by atoms with Crippen molar-refractivity contribution in [3.05, 3.63) is 0 Å². The molecule has 0 bridgehead atoms. The Balaban J connectivity index is 3.02. The van der Waals surface area contributed by atoms with Gasteiger partial charge in [-0.25, -0.2) is 0 Å². The molecule has 0 aliphatic rings. The first-order valence-corrected chi connectivity index (χ1v) is 5.04. The summed E-state index contributed by atoms with van der Waals surface area (Å²) < 4.78 is 11.7. The Morgan fingerprint density at radius 3 is 2.27 bits per heavy atom. The van der Waals surface area contributed by atoms with Crippen molar-refractivity contribution in [2.75, 3.05) is 12.6 Å². The van der Waals surface area contributed by atoms with Gasteiger partial charge in [-0.15, -0.1) is 23.2 Å². The lowest BCUT2D eigenvalue weighted by molar-refractivity contribution is 0.453. The zero-order valence-corrected chi connectivity index (χ0v) is 8.17. The molecule has 0 aromatic heterocycles. The van der Waals surface area contributed by atoms with E-state index in [-0.39, 0.29) is 12.1 Å². The van der Waals surface area contributed by atoms with Crippen LogP contribution in [0.1, 0.15) is 32.1 Å². The fourth-order valence-electron chi connectivity index (χ4n) is 0.903. The summed E-state index contributed by atoms with van der Waals surface area (Å²) in [7, 11) is 0. The predicted octanol–water partition coefficient (Wildman–Crippen LogP) is 3.75. The van der Waals surface area contributed by atoms with E-state index < -0.39 is 0 Å². The zero-order chi connectivity index (χ0) is 8.53. The van der Waals surface area contributed by atoms with Gasteiger partial charge in [0.25, 0.3) is 0 Å². The van der Waals surface area contributed by atoms with Gasteiger partial charge in [-0.3, -0.25) is 4.39 Å². The third-order valence-corrected chi connectivity index (χ3v) is 2.26. The average Bonchev–Trinajstić information content (AvgIpc) is 2.01. The van der Waals surface area contributed by atoms with Crippen LogP contribution in [0.4, 0.5) is 4.39 Å². The van der Waals surface area contributed by atoms with E-state index >= 15 is 0 Å². The Hall–Kier alpha value is 0.510. The van der Waals surface area contributed by atoms with Crippen LogP contribution >= 0.6 is 23.2 Å². The van der Waals surface area contributed by atoms with Crippen LogP contribution < -0.4 is 0 Å². The standard InChI is InChI=1S/C8H15Cl2F/c9-6-2-1-4-8(10)5-3-7-11/h8H,1-7H2. The SMILES string of the molecule is FCCCC(Cl)CCCCCl. The molecule has 1 unspecified atom stereocenters. The van der Waals surface area contributed by atoms with E-state index in [0.717, 1.165) is 25.7 Å². The van der Waals surface area contributed by atoms with Crippen LogP contribution in [0.5, 0.6) is 0 Å². The van der Waals surface area contributed by atoms with E-state index in [2.05, 4.69) is 0 Å². The fourth-order valence-corrected chi connectivity index (χ4v) is 1.40. The van der Waals surface area contributed by atoms with Gasteiger partial charge in [0.15, 0.2) is 0 Å². The molecule has 68 valence electrons. The lowest BCUT2D eigenvalue weighted by Gasteiger charge is -2.05. The lowest BCUT2D eigenvalue weighted by Crippen LogP contribution is -1.98. The molecule has 0 aromatic carbocycles. The second-order valence-electron chi connectivity index (χ2n) is 2.61. The summed E-state index contributed by atoms with van der Waals surface area (Å²) in [4.78, 5) is 0. The van der Waals surface area contributed by atoms with Crippen molar-refractivity contribution >= 4 is 23.2 Å². The number of hydrogen-bond donors (Lipinski definition) is 0. The summed E-state index contributed by atoms with van der Waals surface area (Å²) in [6.45, 7) is -0.251. The second-order valence-corrected chi connectivity index (χ2v) is 3.61. The van der Waals surface area contributed by atoms with Crippen LogP contribution in [-0.4, -0.2) is 17.9 Å². The van der Waals surface area contributed by atoms with Gasteiger partial charge >= 0.3 is 0 Å². The molecule has 0 saturated carbocycles. The summed E-state index contributed by atoms with van der Waals surface area (Å²) in [5, 5.41) is 0.147. The molecule has 0 N–H and O–H groups in total. The molecule has 0 spiro atoms. The van der Waals surface area contributed by atoms with Crippen LogP contribution in [0.3, 0.4) is 0 Å². The van der Waals surface area contributed by atoms with E-state index in [1.54, 1.807) is 0 Å². The van der Waals surface area contributed by atoms with Crippen molar-refractivity contribution in [3.8, 4) is 0 Å². The van der Waals surface area contributed by atoms with E-state index in [1.807, 2.05) is 0 Å². The maximum absolute atomic E-state index is 11.7. The zero-order valence-electron chi connectivity index (χ0n) is 6.66. The van der Waals surface area contributed by atoms with Crippen molar-refractivity contribution < 1.29 is 4.39 Å². The minimum Gasteiger partial charge on any atom is -0.251 e. The number of alkyl halides is 3. The van der Waals surface area contributed by atoms with Crippen molar-refractivity contribution in [1.29, 1.82) is 0 Å². The highest BCUT2D eigenvalue weighted by molar-refractivity contribution is 6.20. The molecule has 0 aromatic rings. The molecule has 0 aliphatic heterocycles. The van der Waals surface area contributed by atoms with E-state index in [9.17, 15) is 4.39 Å². The molecule has 3 heteroatoms. The van der Waals surface area contributed by atoms with Gasteiger partial charge in [-0.05, 0) is 25.7 Å². The molecule has 1 atom stereocenters. The second kappa shape index (κ2) is 8.61. The number of halogens is 3. The molecule has 0 rings (SSSR count). The third-order valence-electron chi connectivity index (χ3n) is 1.55. The Bertz CT molecular complexity index is 78.5. The molecule has 0 amide bonds. The van der Waals surface area contributed by atoms with Crippen LogP contribution in [0.25, 0.3) is 0 Å². The van der Waals surface area contributed by atoms with Crippen LogP contribution in [0.2, 0.25) is 0 Å². The monoisotopic (exact) mass is 200 g/mol. The van der Waals surface area contributed by atoms with Crippen LogP contribution in [-0.2, 0) is 0 Å². The van der Waals surface area contributed by atoms with E-state index in [0.29, 0.717) is 12.3 Å². The highest BCUT2D eigenvalue weighted by atomic mass is 35.5. The Morgan fingerprint density at radius 1 is 1.09 bits per heavy atom. The Labute approximate surface area is 78.1 Å². The van der Waals surface area contributed by atoms with Crippen molar-refractivity contribution in [1.82, 2.24) is 0 Å². The maximum atomic E-state index is 11.7. The van der Waals surface area contributed by atoms with Crippen LogP contribution in [0, 0.1) is 0 Å². The smallest absolute Gasteiger partial charge is 0.0895 e. The van der Waals surface area contributed by atoms with Gasteiger partial charge < -0.3 is 0 Å². The fraction of sp³-hybridized carbons (Fsp3) is 1.00. The predicted molar refractivity (Wildman–Crippen MR) is 49.4 cm³/mol. The molecule has 0 nitrogen and oxygen atoms in total. The molecule has 0 aliphatic carbocycles. The molecule has 0 radical (unpaired) electrons. The highest BCUT2D eigenvalue weighted by Crippen LogP contribution is 2.13. The highest BCUT2D eigenvalue weighted by Gasteiger charge is 2.02. The number of hydrogen-bond acceptors (Lipinski definition) is 0. The number of rotatable bonds is 7. The van der Waals surface area contributed by atoms with Gasteiger partial charge in [0.05, 0.1) is 6.67 Å². The Morgan fingerprint density at radius 2 is 1.73 bits per heavy atom. The number of unbranched alkanes of at least 4 members (excludes halogenated alkanes) is 1. The first-order chi connectivity index (χ1) is 5.31. The van der Waals surface area contributed by atoms with Gasteiger partial charge in [0.1, 0.15) is 0 Å². The third kappa shape index (κ3) is 8.42. The quantitative estimate of drug-likeness (QED) is 0.434. The summed E-state index contributed by atoms with van der Waals surface area (Å²) in [5.74, 6) is 0.701. The van der Waals surface area contributed by atoms with E-state index in [1.165, 1.54) is 0 Å². The van der Waals surface area contributed by atoms with Crippen molar-refractivity contribution in [2.24, 2.45) is 0 Å². The lowest BCUT2D eigenvalue weighted by atomic mass is 10.1. The Kier molecular flexibility index (Phi) is 9.00. The first-order valence-electron chi connectivity index (χ1n) is 4.07. The summed E-state index contributed by atoms with van der Waals surface area (Å²) in [5.41, 5.74) is 0. The summed E-state index contributed by atoms with van der Waals surface area (Å²) >= 11 is 11.4. The van der Waals surface area contributed by atoms with Gasteiger partial charge in [0.2, 0.25) is 0 Å². The minimum atomic E-state index is -0.251. The molecule has 0 heterocycles. The minimum absolute atomic E-state index is 0.147. The largest absolute Gasteiger partial charge is 0.251 e. The summed E-state index contributed by atoms with van der Waals surface area (Å²) in [6.07, 6.45) is 4.42. The summed E-state index contributed by atoms with van der Waals surface area (Å²) in [6, 6.07) is 0. The van der Waals surface area contributed by atoms with Crippen molar-refractivity contribution in [2.45, 2.75) is 37.5 Å². The molecule has 0 saturated heterocycles. The molecule has 11 heavy (non-hydrogen) atoms. The normalized spacial score (nSPS) is 13.4. The van der Waals surface area contributed by atoms with Gasteiger partial charge in [-0.2, -0.15) is 0 Å². The molecular weight excluding hydrogens is 186 g/mol. The van der Waals surface area contributed by atoms with E-state index in [4.69, 9.17) is 23.2 Å². The molecule has 0 fully saturated rings. The van der Waals surface area contributed by atoms with Crippen molar-refractivity contribution in [3.63, 3.8) is 0 Å². The maximum Gasteiger partial charge on any atom is 0.0895 e. The van der Waals surface area contributed by atoms with Gasteiger partial charge in [0, 0.05) is 11.3 Å². The first kappa shape index (κ1) is 11.5. The average molecular weight is 201 g/mol. The topological polar surface area (TPSA) is 0 Å². The molecular formula is C8H15Cl2F.